The van der Waals surface area contributed by atoms with Crippen molar-refractivity contribution in [3.63, 3.8) is 0 Å². The molecule has 1 fully saturated rings. The number of benzene rings is 1. The molecule has 0 spiro atoms. The van der Waals surface area contributed by atoms with Crippen molar-refractivity contribution in [2.24, 2.45) is 7.05 Å². The van der Waals surface area contributed by atoms with Gasteiger partial charge in [0.1, 0.15) is 24.2 Å². The average molecular weight is 348 g/mol. The van der Waals surface area contributed by atoms with E-state index >= 15 is 0 Å². The molecule has 2 aromatic rings. The molecule has 0 unspecified atom stereocenters. The highest BCUT2D eigenvalue weighted by Gasteiger charge is 2.26. The number of hydrogen-bond donors (Lipinski definition) is 1. The molecule has 1 atom stereocenters. The third-order valence-corrected chi connectivity index (χ3v) is 4.71. The molecule has 126 valence electrons. The lowest BCUT2D eigenvalue weighted by atomic mass is 10.1. The summed E-state index contributed by atoms with van der Waals surface area (Å²) >= 11 is 1.48. The molecule has 0 aliphatic carbocycles. The number of carbonyl (C=O) groups excluding carboxylic acids is 2. The maximum atomic E-state index is 13.6. The van der Waals surface area contributed by atoms with Gasteiger partial charge in [0.2, 0.25) is 11.8 Å². The van der Waals surface area contributed by atoms with Crippen LogP contribution in [-0.4, -0.2) is 44.4 Å². The molecule has 24 heavy (non-hydrogen) atoms. The molecule has 3 rings (SSSR count). The molecule has 0 radical (unpaired) electrons. The van der Waals surface area contributed by atoms with Gasteiger partial charge in [-0.05, 0) is 17.7 Å². The Bertz CT molecular complexity index is 764. The molecule has 1 aromatic heterocycles. The summed E-state index contributed by atoms with van der Waals surface area (Å²) in [7, 11) is 1.81. The molecule has 1 saturated heterocycles. The van der Waals surface area contributed by atoms with Crippen LogP contribution in [-0.2, 0) is 16.6 Å². The van der Waals surface area contributed by atoms with Crippen LogP contribution < -0.4 is 5.32 Å². The van der Waals surface area contributed by atoms with E-state index in [0.717, 1.165) is 0 Å². The smallest absolute Gasteiger partial charge is 0.240 e. The van der Waals surface area contributed by atoms with Gasteiger partial charge in [-0.3, -0.25) is 9.59 Å². The number of amides is 2. The number of nitrogens with one attached hydrogen (secondary N) is 1. The molecule has 0 bridgehead atoms. The molecule has 1 aliphatic rings. The summed E-state index contributed by atoms with van der Waals surface area (Å²) in [6.45, 7) is -0.0118. The minimum absolute atomic E-state index is 0.0118. The van der Waals surface area contributed by atoms with Gasteiger partial charge in [0.05, 0.1) is 11.6 Å². The highest BCUT2D eigenvalue weighted by Crippen LogP contribution is 2.21. The number of nitrogens with zero attached hydrogens (tertiary/aromatic N) is 3. The SMILES string of the molecule is Cn1ccnc1[C@H](NC(=O)CN1CSCC1=O)c1cccc(F)c1. The van der Waals surface area contributed by atoms with Gasteiger partial charge >= 0.3 is 0 Å². The summed E-state index contributed by atoms with van der Waals surface area (Å²) in [5.74, 6) is 0.778. The van der Waals surface area contributed by atoms with Crippen LogP contribution in [0.5, 0.6) is 0 Å². The second-order valence-electron chi connectivity index (χ2n) is 5.52. The van der Waals surface area contributed by atoms with Crippen LogP contribution >= 0.6 is 11.8 Å². The third kappa shape index (κ3) is 3.59. The Labute approximate surface area is 143 Å². The fraction of sp³-hybridized carbons (Fsp3) is 0.312. The molecule has 1 aromatic carbocycles. The lowest BCUT2D eigenvalue weighted by Crippen LogP contribution is -2.40. The van der Waals surface area contributed by atoms with Crippen LogP contribution in [0.3, 0.4) is 0 Å². The number of halogens is 1. The second kappa shape index (κ2) is 7.04. The Morgan fingerprint density at radius 3 is 2.96 bits per heavy atom. The number of carbonyl (C=O) groups is 2. The normalized spacial score (nSPS) is 15.6. The van der Waals surface area contributed by atoms with E-state index in [-0.39, 0.29) is 24.2 Å². The summed E-state index contributed by atoms with van der Waals surface area (Å²) in [4.78, 5) is 29.8. The monoisotopic (exact) mass is 348 g/mol. The second-order valence-corrected chi connectivity index (χ2v) is 6.48. The Balaban J connectivity index is 1.81. The van der Waals surface area contributed by atoms with Gasteiger partial charge in [0, 0.05) is 19.4 Å². The van der Waals surface area contributed by atoms with Crippen molar-refractivity contribution in [2.45, 2.75) is 6.04 Å². The van der Waals surface area contributed by atoms with Crippen molar-refractivity contribution in [3.05, 3.63) is 53.9 Å². The van der Waals surface area contributed by atoms with E-state index in [4.69, 9.17) is 0 Å². The maximum Gasteiger partial charge on any atom is 0.240 e. The first-order valence-corrected chi connectivity index (χ1v) is 8.57. The number of hydrogen-bond acceptors (Lipinski definition) is 4. The molecule has 2 heterocycles. The van der Waals surface area contributed by atoms with Crippen molar-refractivity contribution in [2.75, 3.05) is 18.2 Å². The maximum absolute atomic E-state index is 13.6. The summed E-state index contributed by atoms with van der Waals surface area (Å²) < 4.78 is 15.4. The quantitative estimate of drug-likeness (QED) is 0.884. The van der Waals surface area contributed by atoms with Gasteiger partial charge in [-0.15, -0.1) is 11.8 Å². The van der Waals surface area contributed by atoms with E-state index in [2.05, 4.69) is 10.3 Å². The molecule has 1 N–H and O–H groups in total. The minimum Gasteiger partial charge on any atom is -0.341 e. The Hall–Kier alpha value is -2.35. The van der Waals surface area contributed by atoms with Gasteiger partial charge in [0.15, 0.2) is 0 Å². The zero-order valence-electron chi connectivity index (χ0n) is 13.1. The van der Waals surface area contributed by atoms with Crippen LogP contribution in [0.1, 0.15) is 17.4 Å². The molecule has 8 heteroatoms. The fourth-order valence-electron chi connectivity index (χ4n) is 2.56. The van der Waals surface area contributed by atoms with E-state index < -0.39 is 6.04 Å². The van der Waals surface area contributed by atoms with Crippen LogP contribution in [0.4, 0.5) is 4.39 Å². The first-order chi connectivity index (χ1) is 11.5. The lowest BCUT2D eigenvalue weighted by molar-refractivity contribution is -0.132. The fourth-order valence-corrected chi connectivity index (χ4v) is 3.46. The summed E-state index contributed by atoms with van der Waals surface area (Å²) in [6, 6.07) is 5.46. The summed E-state index contributed by atoms with van der Waals surface area (Å²) in [5, 5.41) is 2.86. The molecular formula is C16H17FN4O2S. The lowest BCUT2D eigenvalue weighted by Gasteiger charge is -2.21. The minimum atomic E-state index is -0.585. The van der Waals surface area contributed by atoms with Crippen molar-refractivity contribution >= 4 is 23.6 Å². The Morgan fingerprint density at radius 1 is 1.50 bits per heavy atom. The first kappa shape index (κ1) is 16.5. The third-order valence-electron chi connectivity index (χ3n) is 3.76. The van der Waals surface area contributed by atoms with Crippen LogP contribution in [0.25, 0.3) is 0 Å². The summed E-state index contributed by atoms with van der Waals surface area (Å²) in [6.07, 6.45) is 3.38. The molecule has 1 aliphatic heterocycles. The van der Waals surface area contributed by atoms with E-state index in [0.29, 0.717) is 23.0 Å². The van der Waals surface area contributed by atoms with E-state index in [9.17, 15) is 14.0 Å². The molecular weight excluding hydrogens is 331 g/mol. The van der Waals surface area contributed by atoms with E-state index in [1.807, 2.05) is 0 Å². The molecule has 0 saturated carbocycles. The van der Waals surface area contributed by atoms with Crippen LogP contribution in [0.15, 0.2) is 36.7 Å². The van der Waals surface area contributed by atoms with Crippen molar-refractivity contribution in [1.82, 2.24) is 19.8 Å². The first-order valence-electron chi connectivity index (χ1n) is 7.42. The number of rotatable bonds is 5. The number of aryl methyl sites for hydroxylation is 1. The number of thioether (sulfide) groups is 1. The Morgan fingerprint density at radius 2 is 2.33 bits per heavy atom. The molecule has 6 nitrogen and oxygen atoms in total. The van der Waals surface area contributed by atoms with Gasteiger partial charge in [-0.1, -0.05) is 12.1 Å². The van der Waals surface area contributed by atoms with E-state index in [1.165, 1.54) is 28.8 Å². The average Bonchev–Trinajstić information content (AvgIpc) is 3.14. The highest BCUT2D eigenvalue weighted by atomic mass is 32.2. The number of aromatic nitrogens is 2. The zero-order chi connectivity index (χ0) is 17.1. The summed E-state index contributed by atoms with van der Waals surface area (Å²) in [5.41, 5.74) is 0.597. The van der Waals surface area contributed by atoms with Crippen LogP contribution in [0.2, 0.25) is 0 Å². The van der Waals surface area contributed by atoms with Crippen LogP contribution in [0, 0.1) is 5.82 Å². The Kier molecular flexibility index (Phi) is 4.84. The van der Waals surface area contributed by atoms with Gasteiger partial charge in [-0.25, -0.2) is 9.37 Å². The highest BCUT2D eigenvalue weighted by molar-refractivity contribution is 8.00. The van der Waals surface area contributed by atoms with Crippen molar-refractivity contribution in [3.8, 4) is 0 Å². The zero-order valence-corrected chi connectivity index (χ0v) is 13.9. The van der Waals surface area contributed by atoms with E-state index in [1.54, 1.807) is 36.1 Å². The van der Waals surface area contributed by atoms with Gasteiger partial charge < -0.3 is 14.8 Å². The van der Waals surface area contributed by atoms with Gasteiger partial charge in [-0.2, -0.15) is 0 Å². The predicted molar refractivity (Wildman–Crippen MR) is 88.6 cm³/mol. The number of imidazole rings is 1. The van der Waals surface area contributed by atoms with Crippen molar-refractivity contribution < 1.29 is 14.0 Å². The topological polar surface area (TPSA) is 67.2 Å². The largest absolute Gasteiger partial charge is 0.341 e. The van der Waals surface area contributed by atoms with Gasteiger partial charge in [0.25, 0.3) is 0 Å². The standard InChI is InChI=1S/C16H17FN4O2S/c1-20-6-5-18-16(20)15(11-3-2-4-12(17)7-11)19-13(22)8-21-10-24-9-14(21)23/h2-7,15H,8-10H2,1H3,(H,19,22)/t15-/m1/s1. The van der Waals surface area contributed by atoms with Crippen molar-refractivity contribution in [1.29, 1.82) is 0 Å². The molecule has 2 amide bonds. The predicted octanol–water partition coefficient (Wildman–Crippen LogP) is 1.30.